The van der Waals surface area contributed by atoms with Crippen LogP contribution in [0.4, 0.5) is 0 Å². The highest BCUT2D eigenvalue weighted by Crippen LogP contribution is 2.08. The third kappa shape index (κ3) is 151. The number of hydrogen-bond acceptors (Lipinski definition) is 2. The van der Waals surface area contributed by atoms with Crippen molar-refractivity contribution in [2.75, 3.05) is 13.1 Å². The Kier molecular flexibility index (Phi) is 93.5. The van der Waals surface area contributed by atoms with Gasteiger partial charge in [-0.3, -0.25) is 9.98 Å². The van der Waals surface area contributed by atoms with E-state index in [2.05, 4.69) is 208 Å². The Morgan fingerprint density at radius 2 is 0.639 bits per heavy atom. The topological polar surface area (TPSA) is 145 Å². The molecule has 0 unspecified atom stereocenters. The first kappa shape index (κ1) is 89.4. The van der Waals surface area contributed by atoms with Crippen molar-refractivity contribution in [1.29, 1.82) is 0 Å². The summed E-state index contributed by atoms with van der Waals surface area (Å²) in [4.78, 5) is 10.9. The van der Waals surface area contributed by atoms with Gasteiger partial charge in [0.1, 0.15) is 0 Å². The van der Waals surface area contributed by atoms with Crippen LogP contribution >= 0.6 is 0 Å². The number of aromatic nitrogens is 1. The number of aliphatic imine (C=N–C) groups is 2. The standard InChI is InChI=1S/C8H19N3.C8H13N.C8H18.C7H17N3.4C6H14.2C5H12/c1-7(2)5-3-4-6-11-8(9)10;1-7(2)6-8-4-3-5-9-8;1-4-5-6-7-8(2)3;1-6(2)4-3-5-10-7(8)9;4*1-4-5-6(2)3;2*1-4-5(2)3/h7H,3-6H2,1-2H3,(H4,9,10,11);3-5,7,9H,6H2,1-2H3;8H,4-7H2,1-3H3;6H,3-5H2,1-2H3,(H4,8,9,10);4*6H,4-5H2,1-3H3;2*5H,4H2,1-3H3. The number of hydrogen-bond donors (Lipinski definition) is 5. The number of nitrogens with one attached hydrogen (secondary N) is 1. The molecule has 7 heteroatoms. The molecule has 0 aromatic carbocycles. The molecule has 1 rings (SSSR count). The van der Waals surface area contributed by atoms with Crippen LogP contribution in [-0.2, 0) is 6.42 Å². The molecule has 0 radical (unpaired) electrons. The van der Waals surface area contributed by atoms with Crippen LogP contribution in [0.3, 0.4) is 0 Å². The van der Waals surface area contributed by atoms with Crippen LogP contribution in [0, 0.1) is 59.2 Å². The van der Waals surface area contributed by atoms with E-state index in [1.54, 1.807) is 0 Å². The largest absolute Gasteiger partial charge is 0.370 e. The lowest BCUT2D eigenvalue weighted by atomic mass is 10.1. The summed E-state index contributed by atoms with van der Waals surface area (Å²) < 4.78 is 0. The van der Waals surface area contributed by atoms with Crippen molar-refractivity contribution in [3.05, 3.63) is 24.0 Å². The van der Waals surface area contributed by atoms with Gasteiger partial charge >= 0.3 is 0 Å². The van der Waals surface area contributed by atoms with Crippen molar-refractivity contribution in [3.8, 4) is 0 Å². The fraction of sp³-hybridized carbons (Fsp3) is 0.908. The number of unbranched alkanes of at least 4 members (excludes halogenated alkanes) is 3. The van der Waals surface area contributed by atoms with Crippen LogP contribution in [0.25, 0.3) is 0 Å². The molecule has 72 heavy (non-hydrogen) atoms. The van der Waals surface area contributed by atoms with Crippen molar-refractivity contribution >= 4 is 11.9 Å². The van der Waals surface area contributed by atoms with Gasteiger partial charge in [-0.2, -0.15) is 0 Å². The molecule has 7 nitrogen and oxygen atoms in total. The molecule has 0 atom stereocenters. The second-order valence-electron chi connectivity index (χ2n) is 24.1. The van der Waals surface area contributed by atoms with Gasteiger partial charge in [0.25, 0.3) is 0 Å². The molecule has 1 aromatic heterocycles. The number of nitrogens with two attached hydrogens (primary N) is 4. The van der Waals surface area contributed by atoms with Crippen LogP contribution in [0.2, 0.25) is 0 Å². The van der Waals surface area contributed by atoms with E-state index in [0.717, 1.165) is 91.5 Å². The minimum atomic E-state index is 0.198. The second-order valence-corrected chi connectivity index (χ2v) is 24.1. The summed E-state index contributed by atoms with van der Waals surface area (Å²) in [5.74, 6) is 8.95. The van der Waals surface area contributed by atoms with Crippen molar-refractivity contribution in [3.63, 3.8) is 0 Å². The van der Waals surface area contributed by atoms with Gasteiger partial charge in [0.2, 0.25) is 0 Å². The Bertz CT molecular complexity index is 995. The maximum Gasteiger partial charge on any atom is 0.185 e. The highest BCUT2D eigenvalue weighted by Gasteiger charge is 1.96. The van der Waals surface area contributed by atoms with Gasteiger partial charge in [0.15, 0.2) is 11.9 Å². The van der Waals surface area contributed by atoms with E-state index in [0.29, 0.717) is 0 Å². The average molecular weight is 1030 g/mol. The zero-order valence-corrected chi connectivity index (χ0v) is 55.3. The number of guanidine groups is 2. The number of nitrogens with zero attached hydrogens (tertiary/aromatic N) is 2. The van der Waals surface area contributed by atoms with Crippen LogP contribution in [0.5, 0.6) is 0 Å². The van der Waals surface area contributed by atoms with E-state index in [1.807, 2.05) is 12.3 Å². The highest BCUT2D eigenvalue weighted by atomic mass is 15.0. The summed E-state index contributed by atoms with van der Waals surface area (Å²) in [6, 6.07) is 4.16. The van der Waals surface area contributed by atoms with E-state index < -0.39 is 0 Å². The van der Waals surface area contributed by atoms with Crippen LogP contribution < -0.4 is 22.9 Å². The van der Waals surface area contributed by atoms with Gasteiger partial charge in [-0.1, -0.05) is 290 Å². The lowest BCUT2D eigenvalue weighted by Gasteiger charge is -2.01. The Balaban J connectivity index is -0.0000000885. The Labute approximate surface area is 459 Å². The first-order chi connectivity index (χ1) is 33.4. The minimum Gasteiger partial charge on any atom is -0.370 e. The zero-order chi connectivity index (χ0) is 58.3. The maximum absolute atomic E-state index is 5.16. The maximum atomic E-state index is 5.16. The molecule has 0 saturated carbocycles. The van der Waals surface area contributed by atoms with Crippen molar-refractivity contribution < 1.29 is 0 Å². The molecule has 0 aliphatic heterocycles. The van der Waals surface area contributed by atoms with Crippen LogP contribution in [0.15, 0.2) is 28.3 Å². The number of aromatic amines is 1. The number of rotatable bonds is 25. The predicted octanol–water partition coefficient (Wildman–Crippen LogP) is 21.1. The summed E-state index contributed by atoms with van der Waals surface area (Å²) in [7, 11) is 0. The normalized spacial score (nSPS) is 10.1. The third-order valence-corrected chi connectivity index (χ3v) is 10.5. The third-order valence-electron chi connectivity index (χ3n) is 10.5. The quantitative estimate of drug-likeness (QED) is 0.0377. The molecule has 1 aromatic rings. The lowest BCUT2D eigenvalue weighted by Crippen LogP contribution is -2.23. The van der Waals surface area contributed by atoms with Crippen LogP contribution in [-0.4, -0.2) is 30.0 Å². The predicted molar refractivity (Wildman–Crippen MR) is 342 cm³/mol. The minimum absolute atomic E-state index is 0.198. The van der Waals surface area contributed by atoms with E-state index >= 15 is 0 Å². The van der Waals surface area contributed by atoms with Crippen molar-refractivity contribution in [2.24, 2.45) is 92.1 Å². The summed E-state index contributed by atoms with van der Waals surface area (Å²) in [6.45, 7) is 61.8. The van der Waals surface area contributed by atoms with Gasteiger partial charge in [-0.15, -0.1) is 0 Å². The second kappa shape index (κ2) is 75.3. The molecule has 0 aliphatic carbocycles. The van der Waals surface area contributed by atoms with Gasteiger partial charge < -0.3 is 27.9 Å². The molecular formula is C65H147N7. The van der Waals surface area contributed by atoms with E-state index in [-0.39, 0.29) is 11.9 Å². The zero-order valence-electron chi connectivity index (χ0n) is 55.3. The molecule has 0 spiro atoms. The smallest absolute Gasteiger partial charge is 0.185 e. The van der Waals surface area contributed by atoms with Gasteiger partial charge in [0.05, 0.1) is 0 Å². The van der Waals surface area contributed by atoms with Crippen molar-refractivity contribution in [2.45, 2.75) is 315 Å². The monoisotopic (exact) mass is 1030 g/mol. The van der Waals surface area contributed by atoms with E-state index in [9.17, 15) is 0 Å². The highest BCUT2D eigenvalue weighted by molar-refractivity contribution is 5.75. The van der Waals surface area contributed by atoms with E-state index in [1.165, 1.54) is 115 Å². The Morgan fingerprint density at radius 1 is 0.361 bits per heavy atom. The average Bonchev–Trinajstić information content (AvgIpc) is 3.76. The molecule has 9 N–H and O–H groups in total. The molecular weight excluding hydrogens is 879 g/mol. The van der Waals surface area contributed by atoms with E-state index in [4.69, 9.17) is 22.9 Å². The first-order valence-electron chi connectivity index (χ1n) is 30.7. The number of H-pyrrole nitrogens is 1. The molecule has 0 fully saturated rings. The molecule has 0 saturated heterocycles. The fourth-order valence-corrected chi connectivity index (χ4v) is 5.63. The summed E-state index contributed by atoms with van der Waals surface area (Å²) in [6.07, 6.45) is 28.0. The SMILES string of the molecule is CC(C)CCCCN=C(N)N.CC(C)CCCN=C(N)N.CC(C)Cc1ccc[nH]1.CCC(C)C.CCC(C)C.CCCC(C)C.CCCC(C)C.CCCC(C)C.CCCC(C)C.CCCCCC(C)C. The van der Waals surface area contributed by atoms with Gasteiger partial charge in [-0.05, 0) is 97.0 Å². The molecule has 0 amide bonds. The lowest BCUT2D eigenvalue weighted by molar-refractivity contribution is 0.534. The molecule has 442 valence electrons. The Hall–Kier alpha value is -2.18. The summed E-state index contributed by atoms with van der Waals surface area (Å²) in [5, 5.41) is 0. The fourth-order valence-electron chi connectivity index (χ4n) is 5.63. The van der Waals surface area contributed by atoms with Gasteiger partial charge in [-0.25, -0.2) is 0 Å². The van der Waals surface area contributed by atoms with Gasteiger partial charge in [0, 0.05) is 25.0 Å². The molecule has 0 aliphatic rings. The Morgan fingerprint density at radius 3 is 0.833 bits per heavy atom. The molecule has 1 heterocycles. The first-order valence-corrected chi connectivity index (χ1v) is 30.7. The van der Waals surface area contributed by atoms with Crippen LogP contribution in [0.1, 0.15) is 315 Å². The molecule has 0 bridgehead atoms. The summed E-state index contributed by atoms with van der Waals surface area (Å²) >= 11 is 0. The summed E-state index contributed by atoms with van der Waals surface area (Å²) in [5.41, 5.74) is 21.9. The van der Waals surface area contributed by atoms with Crippen molar-refractivity contribution in [1.82, 2.24) is 4.98 Å².